The van der Waals surface area contributed by atoms with E-state index in [0.29, 0.717) is 5.56 Å². The predicted octanol–water partition coefficient (Wildman–Crippen LogP) is 3.25. The summed E-state index contributed by atoms with van der Waals surface area (Å²) in [5, 5.41) is 0. The quantitative estimate of drug-likeness (QED) is 0.756. The van der Waals surface area contributed by atoms with Crippen molar-refractivity contribution in [3.8, 4) is 0 Å². The fraction of sp³-hybridized carbons (Fsp3) is 0.462. The number of carbonyl (C=O) groups is 1. The highest BCUT2D eigenvalue weighted by atomic mass is 35.5. The molecular formula is C13H16ClF2NO. The van der Waals surface area contributed by atoms with Gasteiger partial charge in [0.25, 0.3) is 12.3 Å². The van der Waals surface area contributed by atoms with E-state index in [1.54, 1.807) is 26.0 Å². The average molecular weight is 276 g/mol. The first-order valence-corrected chi connectivity index (χ1v) is 6.20. The number of rotatable bonds is 5. The Bertz CT molecular complexity index is 403. The molecule has 100 valence electrons. The Labute approximate surface area is 111 Å². The van der Waals surface area contributed by atoms with Crippen molar-refractivity contribution in [2.24, 2.45) is 0 Å². The first kappa shape index (κ1) is 14.9. The SMILES string of the molecule is Cc1cccc(C)c1C(=O)N(CCCl)CC(F)F. The molecule has 0 aliphatic rings. The standard InChI is InChI=1S/C13H16ClF2NO/c1-9-4-3-5-10(2)12(9)13(18)17(7-6-14)8-11(15)16/h3-5,11H,6-8H2,1-2H3. The summed E-state index contributed by atoms with van der Waals surface area (Å²) < 4.78 is 24.9. The minimum Gasteiger partial charge on any atom is -0.332 e. The Kier molecular flexibility index (Phi) is 5.54. The maximum Gasteiger partial charge on any atom is 0.255 e. The van der Waals surface area contributed by atoms with Gasteiger partial charge >= 0.3 is 0 Å². The molecule has 1 aromatic carbocycles. The van der Waals surface area contributed by atoms with Crippen LogP contribution >= 0.6 is 11.6 Å². The van der Waals surface area contributed by atoms with Crippen LogP contribution in [0.5, 0.6) is 0 Å². The molecule has 1 rings (SSSR count). The van der Waals surface area contributed by atoms with Crippen LogP contribution in [-0.2, 0) is 0 Å². The smallest absolute Gasteiger partial charge is 0.255 e. The molecule has 1 aromatic rings. The van der Waals surface area contributed by atoms with Crippen LogP contribution in [0.3, 0.4) is 0 Å². The number of halogens is 3. The summed E-state index contributed by atoms with van der Waals surface area (Å²) in [6.07, 6.45) is -2.55. The monoisotopic (exact) mass is 275 g/mol. The third-order valence-electron chi connectivity index (χ3n) is 2.70. The van der Waals surface area contributed by atoms with Gasteiger partial charge in [-0.15, -0.1) is 11.6 Å². The molecule has 0 aromatic heterocycles. The van der Waals surface area contributed by atoms with Crippen molar-refractivity contribution in [3.05, 3.63) is 34.9 Å². The van der Waals surface area contributed by atoms with E-state index in [1.165, 1.54) is 0 Å². The number of carbonyl (C=O) groups excluding carboxylic acids is 1. The maximum absolute atomic E-state index is 12.4. The first-order valence-electron chi connectivity index (χ1n) is 5.67. The molecule has 0 saturated heterocycles. The fourth-order valence-electron chi connectivity index (χ4n) is 1.85. The second-order valence-corrected chi connectivity index (χ2v) is 4.48. The lowest BCUT2D eigenvalue weighted by atomic mass is 10.0. The van der Waals surface area contributed by atoms with Gasteiger partial charge in [-0.05, 0) is 25.0 Å². The normalized spacial score (nSPS) is 10.8. The van der Waals surface area contributed by atoms with Crippen molar-refractivity contribution < 1.29 is 13.6 Å². The zero-order valence-electron chi connectivity index (χ0n) is 10.4. The molecule has 0 unspecified atom stereocenters. The van der Waals surface area contributed by atoms with Gasteiger partial charge in [0.2, 0.25) is 0 Å². The van der Waals surface area contributed by atoms with E-state index in [1.807, 2.05) is 6.07 Å². The van der Waals surface area contributed by atoms with Gasteiger partial charge in [0, 0.05) is 18.0 Å². The second kappa shape index (κ2) is 6.69. The van der Waals surface area contributed by atoms with E-state index < -0.39 is 13.0 Å². The molecule has 0 aliphatic heterocycles. The molecule has 18 heavy (non-hydrogen) atoms. The van der Waals surface area contributed by atoms with E-state index in [4.69, 9.17) is 11.6 Å². The van der Waals surface area contributed by atoms with Crippen LogP contribution in [-0.4, -0.2) is 36.2 Å². The third-order valence-corrected chi connectivity index (χ3v) is 2.86. The summed E-state index contributed by atoms with van der Waals surface area (Å²) in [5.74, 6) is -0.241. The molecule has 0 heterocycles. The molecular weight excluding hydrogens is 260 g/mol. The molecule has 0 saturated carbocycles. The molecule has 0 N–H and O–H groups in total. The van der Waals surface area contributed by atoms with Crippen LogP contribution in [0.25, 0.3) is 0 Å². The van der Waals surface area contributed by atoms with E-state index >= 15 is 0 Å². The van der Waals surface area contributed by atoms with E-state index in [2.05, 4.69) is 0 Å². The first-order chi connectivity index (χ1) is 8.47. The topological polar surface area (TPSA) is 20.3 Å². The molecule has 2 nitrogen and oxygen atoms in total. The van der Waals surface area contributed by atoms with E-state index in [-0.39, 0.29) is 18.3 Å². The largest absolute Gasteiger partial charge is 0.332 e. The lowest BCUT2D eigenvalue weighted by Gasteiger charge is -2.23. The summed E-state index contributed by atoms with van der Waals surface area (Å²) in [6.45, 7) is 3.13. The van der Waals surface area contributed by atoms with Crippen molar-refractivity contribution in [2.75, 3.05) is 19.0 Å². The highest BCUT2D eigenvalue weighted by molar-refractivity contribution is 6.18. The Hall–Kier alpha value is -1.16. The molecule has 0 fully saturated rings. The minimum atomic E-state index is -2.55. The number of alkyl halides is 3. The molecule has 0 bridgehead atoms. The Morgan fingerprint density at radius 1 is 1.33 bits per heavy atom. The van der Waals surface area contributed by atoms with Gasteiger partial charge in [0.15, 0.2) is 0 Å². The number of aryl methyl sites for hydroxylation is 2. The molecule has 5 heteroatoms. The van der Waals surface area contributed by atoms with Crippen molar-refractivity contribution in [3.63, 3.8) is 0 Å². The summed E-state index contributed by atoms with van der Waals surface area (Å²) in [4.78, 5) is 13.4. The predicted molar refractivity (Wildman–Crippen MR) is 68.5 cm³/mol. The number of amides is 1. The summed E-state index contributed by atoms with van der Waals surface area (Å²) >= 11 is 5.55. The van der Waals surface area contributed by atoms with Gasteiger partial charge in [0.1, 0.15) is 0 Å². The van der Waals surface area contributed by atoms with Crippen molar-refractivity contribution in [2.45, 2.75) is 20.3 Å². The Balaban J connectivity index is 3.01. The Morgan fingerprint density at radius 2 is 1.89 bits per heavy atom. The Morgan fingerprint density at radius 3 is 2.33 bits per heavy atom. The number of hydrogen-bond acceptors (Lipinski definition) is 1. The number of benzene rings is 1. The molecule has 1 amide bonds. The average Bonchev–Trinajstić information content (AvgIpc) is 2.27. The highest BCUT2D eigenvalue weighted by Gasteiger charge is 2.21. The zero-order valence-corrected chi connectivity index (χ0v) is 11.2. The van der Waals surface area contributed by atoms with Crippen molar-refractivity contribution in [1.82, 2.24) is 4.90 Å². The lowest BCUT2D eigenvalue weighted by Crippen LogP contribution is -2.37. The minimum absolute atomic E-state index is 0.124. The van der Waals surface area contributed by atoms with Crippen LogP contribution in [0.4, 0.5) is 8.78 Å². The van der Waals surface area contributed by atoms with Gasteiger partial charge in [-0.1, -0.05) is 18.2 Å². The van der Waals surface area contributed by atoms with Crippen LogP contribution < -0.4 is 0 Å². The molecule has 0 atom stereocenters. The van der Waals surface area contributed by atoms with Crippen LogP contribution in [0.15, 0.2) is 18.2 Å². The summed E-state index contributed by atoms with van der Waals surface area (Å²) in [7, 11) is 0. The number of nitrogens with zero attached hydrogens (tertiary/aromatic N) is 1. The second-order valence-electron chi connectivity index (χ2n) is 4.10. The van der Waals surface area contributed by atoms with Gasteiger partial charge in [0.05, 0.1) is 6.54 Å². The zero-order chi connectivity index (χ0) is 13.7. The van der Waals surface area contributed by atoms with Crippen LogP contribution in [0, 0.1) is 13.8 Å². The molecule has 0 radical (unpaired) electrons. The maximum atomic E-state index is 12.4. The van der Waals surface area contributed by atoms with Crippen LogP contribution in [0.1, 0.15) is 21.5 Å². The van der Waals surface area contributed by atoms with E-state index in [0.717, 1.165) is 16.0 Å². The van der Waals surface area contributed by atoms with Gasteiger partial charge in [-0.25, -0.2) is 8.78 Å². The number of hydrogen-bond donors (Lipinski definition) is 0. The van der Waals surface area contributed by atoms with E-state index in [9.17, 15) is 13.6 Å². The van der Waals surface area contributed by atoms with Crippen molar-refractivity contribution >= 4 is 17.5 Å². The molecule has 0 aliphatic carbocycles. The van der Waals surface area contributed by atoms with Gasteiger partial charge < -0.3 is 4.90 Å². The van der Waals surface area contributed by atoms with Crippen molar-refractivity contribution in [1.29, 1.82) is 0 Å². The van der Waals surface area contributed by atoms with Gasteiger partial charge in [-0.3, -0.25) is 4.79 Å². The third kappa shape index (κ3) is 3.67. The highest BCUT2D eigenvalue weighted by Crippen LogP contribution is 2.16. The summed E-state index contributed by atoms with van der Waals surface area (Å²) in [5.41, 5.74) is 2.06. The lowest BCUT2D eigenvalue weighted by molar-refractivity contribution is 0.0569. The molecule has 0 spiro atoms. The van der Waals surface area contributed by atoms with Crippen LogP contribution in [0.2, 0.25) is 0 Å². The summed E-state index contributed by atoms with van der Waals surface area (Å²) in [6, 6.07) is 5.42. The van der Waals surface area contributed by atoms with Gasteiger partial charge in [-0.2, -0.15) is 0 Å². The fourth-order valence-corrected chi connectivity index (χ4v) is 2.06.